The predicted molar refractivity (Wildman–Crippen MR) is 97.2 cm³/mol. The van der Waals surface area contributed by atoms with Crippen LogP contribution in [0.3, 0.4) is 0 Å². The molecule has 1 aromatic carbocycles. The Morgan fingerprint density at radius 1 is 1.25 bits per heavy atom. The van der Waals surface area contributed by atoms with Gasteiger partial charge in [-0.05, 0) is 68.6 Å². The van der Waals surface area contributed by atoms with Gasteiger partial charge in [-0.2, -0.15) is 0 Å². The zero-order valence-corrected chi connectivity index (χ0v) is 16.3. The number of nitrogens with zero attached hydrogens (tertiary/aromatic N) is 1. The van der Waals surface area contributed by atoms with Crippen molar-refractivity contribution in [3.05, 3.63) is 33.8 Å². The molecule has 1 fully saturated rings. The zero-order chi connectivity index (χ0) is 17.9. The third-order valence-corrected chi connectivity index (χ3v) is 4.55. The molecule has 0 spiro atoms. The van der Waals surface area contributed by atoms with Gasteiger partial charge in [-0.3, -0.25) is 4.79 Å². The van der Waals surface area contributed by atoms with E-state index >= 15 is 0 Å². The number of halogens is 1. The number of nitrogens with one attached hydrogen (secondary N) is 1. The molecule has 2 amide bonds. The van der Waals surface area contributed by atoms with Gasteiger partial charge in [0, 0.05) is 23.6 Å². The second kappa shape index (κ2) is 7.55. The van der Waals surface area contributed by atoms with E-state index in [1.165, 1.54) is 0 Å². The molecule has 1 heterocycles. The highest BCUT2D eigenvalue weighted by Crippen LogP contribution is 2.22. The van der Waals surface area contributed by atoms with Crippen molar-refractivity contribution in [3.63, 3.8) is 0 Å². The maximum absolute atomic E-state index is 12.7. The van der Waals surface area contributed by atoms with Gasteiger partial charge >= 0.3 is 6.09 Å². The summed E-state index contributed by atoms with van der Waals surface area (Å²) in [6.07, 6.45) is 1.07. The normalized spacial score (nSPS) is 16.0. The number of carbonyl (C=O) groups excluding carboxylic acids is 2. The Hall–Kier alpha value is -1.56. The number of alkyl carbamates (subject to hydrolysis) is 1. The molecule has 0 saturated carbocycles. The standard InChI is InChI=1S/C18H25BrN2O3/c1-12-5-6-15(19)14(11-12)16(22)21-9-7-13(8-10-21)20-17(23)24-18(2,3)4/h5-6,11,13H,7-10H2,1-4H3,(H,20,23). The average Bonchev–Trinajstić information content (AvgIpc) is 2.48. The molecule has 0 aromatic heterocycles. The van der Waals surface area contributed by atoms with E-state index < -0.39 is 11.7 Å². The lowest BCUT2D eigenvalue weighted by atomic mass is 10.0. The first-order valence-electron chi connectivity index (χ1n) is 8.20. The van der Waals surface area contributed by atoms with Crippen LogP contribution in [0.2, 0.25) is 0 Å². The fourth-order valence-electron chi connectivity index (χ4n) is 2.67. The maximum atomic E-state index is 12.7. The van der Waals surface area contributed by atoms with Gasteiger partial charge in [-0.25, -0.2) is 4.79 Å². The first kappa shape index (κ1) is 18.8. The fraction of sp³-hybridized carbons (Fsp3) is 0.556. The second-order valence-corrected chi connectivity index (χ2v) is 8.05. The van der Waals surface area contributed by atoms with Crippen LogP contribution in [0, 0.1) is 6.92 Å². The van der Waals surface area contributed by atoms with Crippen molar-refractivity contribution in [2.45, 2.75) is 52.2 Å². The number of rotatable bonds is 2. The molecule has 1 aromatic rings. The molecule has 132 valence electrons. The Bertz CT molecular complexity index is 617. The molecule has 6 heteroatoms. The molecule has 1 aliphatic heterocycles. The van der Waals surface area contributed by atoms with Crippen LogP contribution in [0.5, 0.6) is 0 Å². The molecule has 24 heavy (non-hydrogen) atoms. The van der Waals surface area contributed by atoms with Gasteiger partial charge < -0.3 is 15.0 Å². The first-order valence-corrected chi connectivity index (χ1v) is 9.00. The summed E-state index contributed by atoms with van der Waals surface area (Å²) in [4.78, 5) is 26.3. The predicted octanol–water partition coefficient (Wildman–Crippen LogP) is 3.89. The minimum atomic E-state index is -0.502. The molecule has 1 aliphatic rings. The van der Waals surface area contributed by atoms with Crippen molar-refractivity contribution in [1.82, 2.24) is 10.2 Å². The van der Waals surface area contributed by atoms with Crippen molar-refractivity contribution in [3.8, 4) is 0 Å². The lowest BCUT2D eigenvalue weighted by molar-refractivity contribution is 0.0473. The Labute approximate surface area is 151 Å². The molecule has 1 N–H and O–H groups in total. The van der Waals surface area contributed by atoms with E-state index in [0.717, 1.165) is 22.9 Å². The van der Waals surface area contributed by atoms with Crippen LogP contribution >= 0.6 is 15.9 Å². The van der Waals surface area contributed by atoms with Gasteiger partial charge in [-0.1, -0.05) is 11.6 Å². The van der Waals surface area contributed by atoms with Gasteiger partial charge in [0.1, 0.15) is 5.60 Å². The van der Waals surface area contributed by atoms with Crippen LogP contribution < -0.4 is 5.32 Å². The number of aryl methyl sites for hydroxylation is 1. The minimum Gasteiger partial charge on any atom is -0.444 e. The van der Waals surface area contributed by atoms with Crippen LogP contribution in [-0.4, -0.2) is 41.6 Å². The third kappa shape index (κ3) is 5.23. The second-order valence-electron chi connectivity index (χ2n) is 7.20. The highest BCUT2D eigenvalue weighted by Gasteiger charge is 2.27. The molecule has 1 saturated heterocycles. The number of benzene rings is 1. The molecule has 0 aliphatic carbocycles. The van der Waals surface area contributed by atoms with Crippen LogP contribution in [0.25, 0.3) is 0 Å². The summed E-state index contributed by atoms with van der Waals surface area (Å²) < 4.78 is 6.09. The molecule has 2 rings (SSSR count). The van der Waals surface area contributed by atoms with E-state index in [0.29, 0.717) is 18.7 Å². The summed E-state index contributed by atoms with van der Waals surface area (Å²) in [5, 5.41) is 2.89. The Morgan fingerprint density at radius 2 is 1.88 bits per heavy atom. The molecule has 0 radical (unpaired) electrons. The summed E-state index contributed by atoms with van der Waals surface area (Å²) in [5.74, 6) is 0.0290. The van der Waals surface area contributed by atoms with Crippen LogP contribution in [0.4, 0.5) is 4.79 Å². The maximum Gasteiger partial charge on any atom is 0.407 e. The number of amides is 2. The van der Waals surface area contributed by atoms with E-state index in [1.54, 1.807) is 0 Å². The fourth-order valence-corrected chi connectivity index (χ4v) is 3.09. The molecular weight excluding hydrogens is 372 g/mol. The molecule has 0 unspecified atom stereocenters. The van der Waals surface area contributed by atoms with E-state index in [1.807, 2.05) is 50.8 Å². The smallest absolute Gasteiger partial charge is 0.407 e. The number of hydrogen-bond donors (Lipinski definition) is 1. The Balaban J connectivity index is 1.89. The van der Waals surface area contributed by atoms with Crippen LogP contribution in [-0.2, 0) is 4.74 Å². The van der Waals surface area contributed by atoms with Crippen molar-refractivity contribution in [2.24, 2.45) is 0 Å². The largest absolute Gasteiger partial charge is 0.444 e. The summed E-state index contributed by atoms with van der Waals surface area (Å²) in [7, 11) is 0. The van der Waals surface area contributed by atoms with Gasteiger partial charge in [0.2, 0.25) is 0 Å². The third-order valence-electron chi connectivity index (χ3n) is 3.86. The average molecular weight is 397 g/mol. The number of ether oxygens (including phenoxy) is 1. The van der Waals surface area contributed by atoms with E-state index in [2.05, 4.69) is 21.2 Å². The Morgan fingerprint density at radius 3 is 2.46 bits per heavy atom. The lowest BCUT2D eigenvalue weighted by Gasteiger charge is -2.33. The summed E-state index contributed by atoms with van der Waals surface area (Å²) in [6.45, 7) is 8.74. The summed E-state index contributed by atoms with van der Waals surface area (Å²) in [6, 6.07) is 5.82. The van der Waals surface area contributed by atoms with Crippen LogP contribution in [0.15, 0.2) is 22.7 Å². The topological polar surface area (TPSA) is 58.6 Å². The van der Waals surface area contributed by atoms with Crippen LogP contribution in [0.1, 0.15) is 49.5 Å². The molecular formula is C18H25BrN2O3. The van der Waals surface area contributed by atoms with Gasteiger partial charge in [0.05, 0.1) is 5.56 Å². The van der Waals surface area contributed by atoms with Crippen molar-refractivity contribution >= 4 is 27.9 Å². The summed E-state index contributed by atoms with van der Waals surface area (Å²) >= 11 is 3.45. The first-order chi connectivity index (χ1) is 11.2. The SMILES string of the molecule is Cc1ccc(Br)c(C(=O)N2CCC(NC(=O)OC(C)(C)C)CC2)c1. The van der Waals surface area contributed by atoms with E-state index in [-0.39, 0.29) is 11.9 Å². The highest BCUT2D eigenvalue weighted by atomic mass is 79.9. The molecule has 0 atom stereocenters. The van der Waals surface area contributed by atoms with Gasteiger partial charge in [0.15, 0.2) is 0 Å². The highest BCUT2D eigenvalue weighted by molar-refractivity contribution is 9.10. The van der Waals surface area contributed by atoms with Gasteiger partial charge in [0.25, 0.3) is 5.91 Å². The Kier molecular flexibility index (Phi) is 5.91. The number of likely N-dealkylation sites (tertiary alicyclic amines) is 1. The van der Waals surface area contributed by atoms with Crippen molar-refractivity contribution in [1.29, 1.82) is 0 Å². The quantitative estimate of drug-likeness (QED) is 0.824. The number of piperidine rings is 1. The molecule has 5 nitrogen and oxygen atoms in total. The van der Waals surface area contributed by atoms with Crippen molar-refractivity contribution in [2.75, 3.05) is 13.1 Å². The summed E-state index contributed by atoms with van der Waals surface area (Å²) in [5.41, 5.74) is 1.25. The zero-order valence-electron chi connectivity index (χ0n) is 14.7. The van der Waals surface area contributed by atoms with Gasteiger partial charge in [-0.15, -0.1) is 0 Å². The van der Waals surface area contributed by atoms with E-state index in [4.69, 9.17) is 4.74 Å². The monoisotopic (exact) mass is 396 g/mol. The lowest BCUT2D eigenvalue weighted by Crippen LogP contribution is -2.47. The minimum absolute atomic E-state index is 0.0290. The molecule has 0 bridgehead atoms. The van der Waals surface area contributed by atoms with Crippen molar-refractivity contribution < 1.29 is 14.3 Å². The van der Waals surface area contributed by atoms with E-state index in [9.17, 15) is 9.59 Å². The number of hydrogen-bond acceptors (Lipinski definition) is 3. The number of carbonyl (C=O) groups is 2.